The van der Waals surface area contributed by atoms with Crippen LogP contribution in [-0.4, -0.2) is 9.91 Å². The number of nitrogens with two attached hydrogens (primary N) is 1. The Balaban J connectivity index is 2.27. The summed E-state index contributed by atoms with van der Waals surface area (Å²) >= 11 is 1.42. The predicted octanol–water partition coefficient (Wildman–Crippen LogP) is 3.45. The molecule has 5 nitrogen and oxygen atoms in total. The Morgan fingerprint density at radius 3 is 2.84 bits per heavy atom. The number of fused-ring (bicyclic) bond motifs is 1. The first-order valence-corrected chi connectivity index (χ1v) is 6.36. The van der Waals surface area contributed by atoms with E-state index in [0.717, 1.165) is 15.1 Å². The molecular weight excluding hydrogens is 262 g/mol. The highest BCUT2D eigenvalue weighted by atomic mass is 32.1. The van der Waals surface area contributed by atoms with Crippen LogP contribution in [0.15, 0.2) is 42.6 Å². The fourth-order valence-electron chi connectivity index (χ4n) is 1.97. The van der Waals surface area contributed by atoms with Crippen LogP contribution in [0, 0.1) is 10.1 Å². The van der Waals surface area contributed by atoms with Gasteiger partial charge in [0.2, 0.25) is 0 Å². The molecule has 1 aromatic carbocycles. The third kappa shape index (κ3) is 1.92. The van der Waals surface area contributed by atoms with Gasteiger partial charge in [0.05, 0.1) is 10.5 Å². The van der Waals surface area contributed by atoms with Gasteiger partial charge in [-0.1, -0.05) is 12.1 Å². The number of rotatable bonds is 2. The van der Waals surface area contributed by atoms with Crippen molar-refractivity contribution in [3.8, 4) is 10.4 Å². The smallest absolute Gasteiger partial charge is 0.300 e. The summed E-state index contributed by atoms with van der Waals surface area (Å²) < 4.78 is 0. The van der Waals surface area contributed by atoms with Gasteiger partial charge in [0.25, 0.3) is 0 Å². The van der Waals surface area contributed by atoms with Crippen molar-refractivity contribution in [2.75, 3.05) is 5.73 Å². The topological polar surface area (TPSA) is 82.0 Å². The molecule has 0 radical (unpaired) electrons. The van der Waals surface area contributed by atoms with E-state index in [1.165, 1.54) is 17.4 Å². The zero-order chi connectivity index (χ0) is 13.4. The average molecular weight is 271 g/mol. The minimum atomic E-state index is -0.442. The molecule has 2 aromatic heterocycles. The van der Waals surface area contributed by atoms with Crippen molar-refractivity contribution in [2.45, 2.75) is 0 Å². The molecule has 0 saturated carbocycles. The molecule has 0 aliphatic heterocycles. The number of anilines is 1. The highest BCUT2D eigenvalue weighted by molar-refractivity contribution is 7.21. The summed E-state index contributed by atoms with van der Waals surface area (Å²) in [5.74, 6) is 0. The largest absolute Gasteiger partial charge is 0.393 e. The van der Waals surface area contributed by atoms with Crippen molar-refractivity contribution in [3.63, 3.8) is 0 Å². The van der Waals surface area contributed by atoms with Gasteiger partial charge in [-0.15, -0.1) is 11.3 Å². The third-order valence-electron chi connectivity index (χ3n) is 2.81. The number of benzene rings is 1. The molecule has 0 aliphatic rings. The number of thiophene rings is 1. The molecular formula is C13H9N3O2S. The summed E-state index contributed by atoms with van der Waals surface area (Å²) in [5, 5.41) is 12.1. The third-order valence-corrected chi connectivity index (χ3v) is 3.90. The lowest BCUT2D eigenvalue weighted by Gasteiger charge is -2.02. The number of hydrogen-bond acceptors (Lipinski definition) is 5. The summed E-state index contributed by atoms with van der Waals surface area (Å²) in [6.45, 7) is 0. The fraction of sp³-hybridized carbons (Fsp3) is 0. The number of para-hydroxylation sites is 1. The maximum Gasteiger partial charge on any atom is 0.300 e. The number of nitrogen functional groups attached to an aromatic ring is 1. The van der Waals surface area contributed by atoms with Crippen LogP contribution in [0.2, 0.25) is 0 Å². The van der Waals surface area contributed by atoms with Crippen LogP contribution in [0.1, 0.15) is 0 Å². The van der Waals surface area contributed by atoms with Gasteiger partial charge in [0.1, 0.15) is 10.5 Å². The Labute approximate surface area is 112 Å². The Hall–Kier alpha value is -2.47. The number of nitro groups is 1. The Morgan fingerprint density at radius 1 is 1.26 bits per heavy atom. The normalized spacial score (nSPS) is 10.7. The summed E-state index contributed by atoms with van der Waals surface area (Å²) in [5.41, 5.74) is 6.36. The lowest BCUT2D eigenvalue weighted by molar-refractivity contribution is -0.383. The molecule has 19 heavy (non-hydrogen) atoms. The highest BCUT2D eigenvalue weighted by Crippen LogP contribution is 2.39. The van der Waals surface area contributed by atoms with Gasteiger partial charge >= 0.3 is 5.69 Å². The highest BCUT2D eigenvalue weighted by Gasteiger charge is 2.20. The summed E-state index contributed by atoms with van der Waals surface area (Å²) in [4.78, 5) is 16.6. The van der Waals surface area contributed by atoms with E-state index in [1.54, 1.807) is 18.3 Å². The van der Waals surface area contributed by atoms with Gasteiger partial charge in [-0.2, -0.15) is 0 Å². The SMILES string of the molecule is Nc1cccc(-c2cc3cccnc3s2)c1[N+](=O)[O-]. The van der Waals surface area contributed by atoms with Crippen LogP contribution in [-0.2, 0) is 0 Å². The summed E-state index contributed by atoms with van der Waals surface area (Å²) in [6, 6.07) is 10.6. The van der Waals surface area contributed by atoms with E-state index in [2.05, 4.69) is 4.98 Å². The van der Waals surface area contributed by atoms with Crippen LogP contribution >= 0.6 is 11.3 Å². The molecule has 94 valence electrons. The number of nitro benzene ring substituents is 1. The minimum absolute atomic E-state index is 0.0472. The van der Waals surface area contributed by atoms with E-state index < -0.39 is 4.92 Å². The van der Waals surface area contributed by atoms with Crippen molar-refractivity contribution in [1.29, 1.82) is 0 Å². The van der Waals surface area contributed by atoms with E-state index in [9.17, 15) is 10.1 Å². The monoisotopic (exact) mass is 271 g/mol. The molecule has 3 rings (SSSR count). The van der Waals surface area contributed by atoms with Gasteiger partial charge in [-0.05, 0) is 24.3 Å². The Bertz CT molecular complexity index is 749. The van der Waals surface area contributed by atoms with E-state index in [0.29, 0.717) is 5.56 Å². The molecule has 0 fully saturated rings. The molecule has 3 aromatic rings. The van der Waals surface area contributed by atoms with E-state index >= 15 is 0 Å². The van der Waals surface area contributed by atoms with Crippen LogP contribution < -0.4 is 5.73 Å². The quantitative estimate of drug-likeness (QED) is 0.439. The first kappa shape index (κ1) is 11.6. The zero-order valence-corrected chi connectivity index (χ0v) is 10.6. The van der Waals surface area contributed by atoms with Gasteiger partial charge < -0.3 is 5.73 Å². The lowest BCUT2D eigenvalue weighted by Crippen LogP contribution is -1.97. The first-order valence-electron chi connectivity index (χ1n) is 5.54. The van der Waals surface area contributed by atoms with Crippen LogP contribution in [0.3, 0.4) is 0 Å². The number of pyridine rings is 1. The molecule has 2 N–H and O–H groups in total. The van der Waals surface area contributed by atoms with Crippen molar-refractivity contribution >= 4 is 32.9 Å². The Morgan fingerprint density at radius 2 is 2.11 bits per heavy atom. The van der Waals surface area contributed by atoms with Crippen molar-refractivity contribution in [2.24, 2.45) is 0 Å². The number of nitrogens with zero attached hydrogens (tertiary/aromatic N) is 2. The van der Waals surface area contributed by atoms with Crippen LogP contribution in [0.4, 0.5) is 11.4 Å². The average Bonchev–Trinajstić information content (AvgIpc) is 2.81. The maximum atomic E-state index is 11.1. The molecule has 0 amide bonds. The van der Waals surface area contributed by atoms with Crippen molar-refractivity contribution in [1.82, 2.24) is 4.98 Å². The summed E-state index contributed by atoms with van der Waals surface area (Å²) in [7, 11) is 0. The van der Waals surface area contributed by atoms with Gasteiger partial charge in [-0.3, -0.25) is 10.1 Å². The zero-order valence-electron chi connectivity index (χ0n) is 9.74. The predicted molar refractivity (Wildman–Crippen MR) is 76.1 cm³/mol. The number of hydrogen-bond donors (Lipinski definition) is 1. The lowest BCUT2D eigenvalue weighted by atomic mass is 10.1. The second-order valence-corrected chi connectivity index (χ2v) is 5.04. The molecule has 0 atom stereocenters. The minimum Gasteiger partial charge on any atom is -0.393 e. The standard InChI is InChI=1S/C13H9N3O2S/c14-10-5-1-4-9(12(10)16(17)18)11-7-8-3-2-6-15-13(8)19-11/h1-7H,14H2. The molecule has 0 unspecified atom stereocenters. The van der Waals surface area contributed by atoms with Gasteiger partial charge in [-0.25, -0.2) is 4.98 Å². The molecule has 0 saturated heterocycles. The van der Waals surface area contributed by atoms with Crippen LogP contribution in [0.25, 0.3) is 20.7 Å². The molecule has 2 heterocycles. The van der Waals surface area contributed by atoms with Crippen molar-refractivity contribution < 1.29 is 4.92 Å². The second-order valence-electron chi connectivity index (χ2n) is 4.01. The van der Waals surface area contributed by atoms with Crippen LogP contribution in [0.5, 0.6) is 0 Å². The molecule has 6 heteroatoms. The van der Waals surface area contributed by atoms with E-state index in [-0.39, 0.29) is 11.4 Å². The molecule has 0 bridgehead atoms. The first-order chi connectivity index (χ1) is 9.16. The molecule has 0 aliphatic carbocycles. The van der Waals surface area contributed by atoms with Crippen molar-refractivity contribution in [3.05, 3.63) is 52.7 Å². The maximum absolute atomic E-state index is 11.1. The Kier molecular flexibility index (Phi) is 2.64. The molecule has 0 spiro atoms. The van der Waals surface area contributed by atoms with Gasteiger partial charge in [0.15, 0.2) is 0 Å². The van der Waals surface area contributed by atoms with E-state index in [1.807, 2.05) is 18.2 Å². The second kappa shape index (κ2) is 4.33. The fourth-order valence-corrected chi connectivity index (χ4v) is 3.00. The number of aromatic nitrogens is 1. The van der Waals surface area contributed by atoms with Gasteiger partial charge in [0, 0.05) is 16.5 Å². The van der Waals surface area contributed by atoms with E-state index in [4.69, 9.17) is 5.73 Å². The summed E-state index contributed by atoms with van der Waals surface area (Å²) in [6.07, 6.45) is 1.70.